The molecule has 0 atom stereocenters. The van der Waals surface area contributed by atoms with Crippen LogP contribution in [0, 0.1) is 12.8 Å². The molecule has 1 aliphatic heterocycles. The molecule has 0 radical (unpaired) electrons. The molecule has 3 rings (SSSR count). The van der Waals surface area contributed by atoms with Gasteiger partial charge in [0.1, 0.15) is 5.82 Å². The van der Waals surface area contributed by atoms with E-state index < -0.39 is 10.0 Å². The van der Waals surface area contributed by atoms with Crippen LogP contribution in [-0.4, -0.2) is 55.0 Å². The van der Waals surface area contributed by atoms with E-state index >= 15 is 0 Å². The van der Waals surface area contributed by atoms with Gasteiger partial charge in [0.15, 0.2) is 16.5 Å². The van der Waals surface area contributed by atoms with Crippen molar-refractivity contribution in [2.75, 3.05) is 26.8 Å². The van der Waals surface area contributed by atoms with Crippen LogP contribution >= 0.6 is 11.6 Å². The quantitative estimate of drug-likeness (QED) is 0.617. The van der Waals surface area contributed by atoms with Gasteiger partial charge in [-0.05, 0) is 44.4 Å². The van der Waals surface area contributed by atoms with Crippen LogP contribution in [-0.2, 0) is 28.4 Å². The fraction of sp³-hybridized carbons (Fsp3) is 0.524. The largest absolute Gasteiger partial charge is 0.493 e. The Bertz CT molecular complexity index is 1060. The summed E-state index contributed by atoms with van der Waals surface area (Å²) in [7, 11) is -0.373. The van der Waals surface area contributed by atoms with Gasteiger partial charge in [-0.15, -0.1) is 0 Å². The summed E-state index contributed by atoms with van der Waals surface area (Å²) in [6.07, 6.45) is 2.41. The lowest BCUT2D eigenvalue weighted by molar-refractivity contribution is -0.126. The van der Waals surface area contributed by atoms with Crippen molar-refractivity contribution in [3.63, 3.8) is 0 Å². The number of aromatic nitrogens is 2. The lowest BCUT2D eigenvalue weighted by atomic mass is 9.97. The highest BCUT2D eigenvalue weighted by Gasteiger charge is 2.33. The monoisotopic (exact) mass is 484 g/mol. The Kier molecular flexibility index (Phi) is 7.68. The highest BCUT2D eigenvalue weighted by atomic mass is 35.5. The minimum absolute atomic E-state index is 0.0433. The molecule has 0 unspecified atom stereocenters. The molecule has 11 heteroatoms. The molecule has 0 aliphatic carbocycles. The van der Waals surface area contributed by atoms with Gasteiger partial charge in [-0.2, -0.15) is 4.31 Å². The number of carbonyl (C=O) groups excluding carboxylic acids is 1. The molecule has 1 aromatic carbocycles. The molecule has 1 amide bonds. The number of amides is 1. The van der Waals surface area contributed by atoms with E-state index in [1.54, 1.807) is 30.7 Å². The normalized spacial score (nSPS) is 15.5. The van der Waals surface area contributed by atoms with Crippen LogP contribution < -0.4 is 14.8 Å². The molecule has 0 spiro atoms. The Morgan fingerprint density at radius 3 is 2.56 bits per heavy atom. The fourth-order valence-corrected chi connectivity index (χ4v) is 5.42. The van der Waals surface area contributed by atoms with Gasteiger partial charge in [-0.1, -0.05) is 11.6 Å². The first-order chi connectivity index (χ1) is 15.2. The fourth-order valence-electron chi connectivity index (χ4n) is 3.63. The van der Waals surface area contributed by atoms with Crippen molar-refractivity contribution in [1.82, 2.24) is 19.2 Å². The highest BCUT2D eigenvalue weighted by molar-refractivity contribution is 7.89. The first-order valence-electron chi connectivity index (χ1n) is 10.4. The molecule has 176 valence electrons. The number of rotatable bonds is 8. The molecular weight excluding hydrogens is 456 g/mol. The van der Waals surface area contributed by atoms with Gasteiger partial charge in [0.2, 0.25) is 5.91 Å². The summed E-state index contributed by atoms with van der Waals surface area (Å²) in [5, 5.41) is 3.38. The Balaban J connectivity index is 1.57. The van der Waals surface area contributed by atoms with Gasteiger partial charge in [-0.25, -0.2) is 13.4 Å². The number of hydrogen-bond acceptors (Lipinski definition) is 6. The molecule has 0 saturated carbocycles. The molecule has 32 heavy (non-hydrogen) atoms. The second-order valence-corrected chi connectivity index (χ2v) is 9.97. The number of piperidine rings is 1. The predicted octanol–water partition coefficient (Wildman–Crippen LogP) is 2.51. The van der Waals surface area contributed by atoms with E-state index in [1.807, 2.05) is 6.92 Å². The first-order valence-corrected chi connectivity index (χ1v) is 12.3. The van der Waals surface area contributed by atoms with E-state index in [1.165, 1.54) is 17.6 Å². The smallest absolute Gasteiger partial charge is 0.262 e. The van der Waals surface area contributed by atoms with Gasteiger partial charge in [-0.3, -0.25) is 4.79 Å². The Morgan fingerprint density at radius 2 is 2.00 bits per heavy atom. The number of ether oxygens (including phenoxy) is 2. The summed E-state index contributed by atoms with van der Waals surface area (Å²) < 4.78 is 39.6. The van der Waals surface area contributed by atoms with Crippen LogP contribution in [0.3, 0.4) is 0 Å². The average Bonchev–Trinajstić information content (AvgIpc) is 3.12. The van der Waals surface area contributed by atoms with Gasteiger partial charge in [0, 0.05) is 38.8 Å². The van der Waals surface area contributed by atoms with E-state index in [0.717, 1.165) is 5.56 Å². The van der Waals surface area contributed by atoms with Crippen molar-refractivity contribution in [3.05, 3.63) is 34.7 Å². The maximum Gasteiger partial charge on any atom is 0.262 e. The van der Waals surface area contributed by atoms with Crippen molar-refractivity contribution in [3.8, 4) is 11.5 Å². The standard InChI is InChI=1S/C21H29ClN4O5S/c1-5-31-20-17(22)10-15(11-18(20)30-4)12-23-21(27)16-6-8-26(9-7-16)32(28,29)19-13-25(3)14(2)24-19/h10-11,13,16H,5-9,12H2,1-4H3,(H,23,27). The maximum absolute atomic E-state index is 12.8. The number of sulfonamides is 1. The van der Waals surface area contributed by atoms with E-state index in [-0.39, 0.29) is 36.5 Å². The van der Waals surface area contributed by atoms with Gasteiger partial charge >= 0.3 is 0 Å². The number of methoxy groups -OCH3 is 1. The molecule has 1 fully saturated rings. The van der Waals surface area contributed by atoms with Crippen LogP contribution in [0.15, 0.2) is 23.4 Å². The lowest BCUT2D eigenvalue weighted by Crippen LogP contribution is -2.43. The summed E-state index contributed by atoms with van der Waals surface area (Å²) in [6, 6.07) is 3.51. The second-order valence-electron chi connectivity index (χ2n) is 7.68. The number of halogens is 1. The summed E-state index contributed by atoms with van der Waals surface area (Å²) in [5.41, 5.74) is 0.786. The molecule has 0 bridgehead atoms. The molecule has 2 aromatic rings. The molecule has 1 aliphatic rings. The zero-order chi connectivity index (χ0) is 23.5. The number of nitrogens with one attached hydrogen (secondary N) is 1. The van der Waals surface area contributed by atoms with Crippen LogP contribution in [0.2, 0.25) is 5.02 Å². The van der Waals surface area contributed by atoms with Crippen molar-refractivity contribution in [1.29, 1.82) is 0 Å². The van der Waals surface area contributed by atoms with E-state index in [0.29, 0.717) is 41.8 Å². The summed E-state index contributed by atoms with van der Waals surface area (Å²) in [4.78, 5) is 16.8. The third-order valence-electron chi connectivity index (χ3n) is 5.56. The molecule has 1 N–H and O–H groups in total. The summed E-state index contributed by atoms with van der Waals surface area (Å²) in [6.45, 7) is 4.91. The van der Waals surface area contributed by atoms with Gasteiger partial charge in [0.05, 0.1) is 18.7 Å². The SMILES string of the molecule is CCOc1c(Cl)cc(CNC(=O)C2CCN(S(=O)(=O)c3cn(C)c(C)n3)CC2)cc1OC. The molecule has 1 aromatic heterocycles. The Morgan fingerprint density at radius 1 is 1.31 bits per heavy atom. The second kappa shape index (κ2) is 10.1. The molecule has 9 nitrogen and oxygen atoms in total. The zero-order valence-electron chi connectivity index (χ0n) is 18.7. The van der Waals surface area contributed by atoms with Crippen LogP contribution in [0.25, 0.3) is 0 Å². The minimum Gasteiger partial charge on any atom is -0.493 e. The topological polar surface area (TPSA) is 103 Å². The van der Waals surface area contributed by atoms with Crippen LogP contribution in [0.1, 0.15) is 31.2 Å². The summed E-state index contributed by atoms with van der Waals surface area (Å²) in [5.74, 6) is 1.24. The van der Waals surface area contributed by atoms with Crippen molar-refractivity contribution >= 4 is 27.5 Å². The Labute approximate surface area is 193 Å². The minimum atomic E-state index is -3.66. The number of carbonyl (C=O) groups is 1. The Hall–Kier alpha value is -2.30. The van der Waals surface area contributed by atoms with E-state index in [4.69, 9.17) is 21.1 Å². The molecular formula is C21H29ClN4O5S. The lowest BCUT2D eigenvalue weighted by Gasteiger charge is -2.30. The number of aryl methyl sites for hydroxylation is 2. The maximum atomic E-state index is 12.8. The molecule has 1 saturated heterocycles. The van der Waals surface area contributed by atoms with Gasteiger partial charge < -0.3 is 19.4 Å². The average molecular weight is 485 g/mol. The predicted molar refractivity (Wildman–Crippen MR) is 120 cm³/mol. The number of benzene rings is 1. The number of nitrogens with zero attached hydrogens (tertiary/aromatic N) is 3. The van der Waals surface area contributed by atoms with Crippen molar-refractivity contribution in [2.24, 2.45) is 13.0 Å². The van der Waals surface area contributed by atoms with E-state index in [9.17, 15) is 13.2 Å². The van der Waals surface area contributed by atoms with Crippen LogP contribution in [0.4, 0.5) is 0 Å². The highest BCUT2D eigenvalue weighted by Crippen LogP contribution is 2.36. The van der Waals surface area contributed by atoms with Gasteiger partial charge in [0.25, 0.3) is 10.0 Å². The third kappa shape index (κ3) is 5.19. The molecule has 2 heterocycles. The van der Waals surface area contributed by atoms with E-state index in [2.05, 4.69) is 10.3 Å². The van der Waals surface area contributed by atoms with Crippen LogP contribution in [0.5, 0.6) is 11.5 Å². The first kappa shape index (κ1) is 24.3. The van der Waals surface area contributed by atoms with Crippen molar-refractivity contribution < 1.29 is 22.7 Å². The number of imidazole rings is 1. The summed E-state index contributed by atoms with van der Waals surface area (Å²) >= 11 is 6.29. The number of hydrogen-bond donors (Lipinski definition) is 1. The van der Waals surface area contributed by atoms with Crippen molar-refractivity contribution in [2.45, 2.75) is 38.3 Å². The third-order valence-corrected chi connectivity index (χ3v) is 7.61. The zero-order valence-corrected chi connectivity index (χ0v) is 20.3.